The molecule has 0 saturated carbocycles. The zero-order chi connectivity index (χ0) is 9.97. The summed E-state index contributed by atoms with van der Waals surface area (Å²) in [5.74, 6) is 0.783. The Balaban J connectivity index is 2.13. The predicted octanol–water partition coefficient (Wildman–Crippen LogP) is 1.29. The van der Waals surface area contributed by atoms with Crippen LogP contribution >= 0.6 is 11.6 Å². The molecule has 4 nitrogen and oxygen atoms in total. The van der Waals surface area contributed by atoms with Crippen molar-refractivity contribution in [3.8, 4) is 0 Å². The highest BCUT2D eigenvalue weighted by atomic mass is 35.5. The summed E-state index contributed by atoms with van der Waals surface area (Å²) >= 11 is 5.87. The summed E-state index contributed by atoms with van der Waals surface area (Å²) in [5, 5.41) is 6.76. The van der Waals surface area contributed by atoms with Crippen LogP contribution in [0, 0.1) is 0 Å². The van der Waals surface area contributed by atoms with Crippen LogP contribution in [0.4, 0.5) is 11.4 Å². The van der Waals surface area contributed by atoms with Crippen molar-refractivity contribution in [1.82, 2.24) is 5.32 Å². The minimum atomic E-state index is 0.550. The highest BCUT2D eigenvalue weighted by molar-refractivity contribution is 6.33. The van der Waals surface area contributed by atoms with E-state index in [9.17, 15) is 0 Å². The Bertz CT molecular complexity index is 375. The van der Waals surface area contributed by atoms with Crippen molar-refractivity contribution in [2.45, 2.75) is 0 Å². The summed E-state index contributed by atoms with van der Waals surface area (Å²) in [4.78, 5) is 4.20. The summed E-state index contributed by atoms with van der Waals surface area (Å²) in [5.41, 5.74) is 7.06. The van der Waals surface area contributed by atoms with E-state index in [0.29, 0.717) is 10.7 Å². The molecule has 1 heterocycles. The molecule has 0 radical (unpaired) electrons. The molecule has 1 aromatic carbocycles. The Morgan fingerprint density at radius 3 is 3.00 bits per heavy atom. The summed E-state index contributed by atoms with van der Waals surface area (Å²) in [6.45, 7) is 1.69. The maximum atomic E-state index is 5.87. The highest BCUT2D eigenvalue weighted by Gasteiger charge is 2.05. The molecule has 74 valence electrons. The second kappa shape index (κ2) is 3.75. The molecule has 2 rings (SSSR count). The lowest BCUT2D eigenvalue weighted by molar-refractivity contribution is 0.959. The monoisotopic (exact) mass is 210 g/mol. The largest absolute Gasteiger partial charge is 0.398 e. The third-order valence-electron chi connectivity index (χ3n) is 1.94. The van der Waals surface area contributed by atoms with Gasteiger partial charge < -0.3 is 16.4 Å². The summed E-state index contributed by atoms with van der Waals surface area (Å²) < 4.78 is 0. The van der Waals surface area contributed by atoms with Gasteiger partial charge in [0.25, 0.3) is 0 Å². The van der Waals surface area contributed by atoms with E-state index in [-0.39, 0.29) is 0 Å². The molecule has 14 heavy (non-hydrogen) atoms. The molecular formula is C9H11ClN4. The van der Waals surface area contributed by atoms with Gasteiger partial charge in [-0.1, -0.05) is 11.6 Å². The van der Waals surface area contributed by atoms with Gasteiger partial charge in [0.2, 0.25) is 0 Å². The van der Waals surface area contributed by atoms with Gasteiger partial charge in [0, 0.05) is 12.2 Å². The second-order valence-corrected chi connectivity index (χ2v) is 3.43. The fourth-order valence-electron chi connectivity index (χ4n) is 1.22. The number of anilines is 2. The number of nitrogens with zero attached hydrogens (tertiary/aromatic N) is 1. The Morgan fingerprint density at radius 2 is 2.36 bits per heavy atom. The van der Waals surface area contributed by atoms with E-state index in [1.54, 1.807) is 12.1 Å². The van der Waals surface area contributed by atoms with Crippen LogP contribution in [-0.2, 0) is 0 Å². The molecule has 0 spiro atoms. The van der Waals surface area contributed by atoms with E-state index in [1.165, 1.54) is 0 Å². The molecule has 1 aliphatic heterocycles. The van der Waals surface area contributed by atoms with Gasteiger partial charge in [-0.25, -0.2) is 0 Å². The van der Waals surface area contributed by atoms with Crippen molar-refractivity contribution in [2.75, 3.05) is 24.1 Å². The van der Waals surface area contributed by atoms with Gasteiger partial charge in [0.1, 0.15) is 0 Å². The highest BCUT2D eigenvalue weighted by Crippen LogP contribution is 2.22. The lowest BCUT2D eigenvalue weighted by atomic mass is 10.3. The third-order valence-corrected chi connectivity index (χ3v) is 2.26. The van der Waals surface area contributed by atoms with E-state index in [1.807, 2.05) is 6.07 Å². The number of rotatable bonds is 1. The lowest BCUT2D eigenvalue weighted by Crippen LogP contribution is -2.26. The van der Waals surface area contributed by atoms with Crippen molar-refractivity contribution in [3.63, 3.8) is 0 Å². The topological polar surface area (TPSA) is 62.4 Å². The normalized spacial score (nSPS) is 14.8. The molecule has 4 N–H and O–H groups in total. The maximum absolute atomic E-state index is 5.87. The first-order chi connectivity index (χ1) is 6.75. The smallest absolute Gasteiger partial charge is 0.195 e. The first-order valence-corrected chi connectivity index (χ1v) is 4.74. The second-order valence-electron chi connectivity index (χ2n) is 3.02. The maximum Gasteiger partial charge on any atom is 0.195 e. The lowest BCUT2D eigenvalue weighted by Gasteiger charge is -2.07. The SMILES string of the molecule is Nc1ccc(NC2=NCCN2)cc1Cl. The number of benzene rings is 1. The number of guanidine groups is 1. The Labute approximate surface area is 87.2 Å². The van der Waals surface area contributed by atoms with Crippen molar-refractivity contribution < 1.29 is 0 Å². The zero-order valence-corrected chi connectivity index (χ0v) is 8.30. The van der Waals surface area contributed by atoms with Gasteiger partial charge in [0.15, 0.2) is 5.96 Å². The van der Waals surface area contributed by atoms with Gasteiger partial charge >= 0.3 is 0 Å². The van der Waals surface area contributed by atoms with Crippen LogP contribution in [0.2, 0.25) is 5.02 Å². The van der Waals surface area contributed by atoms with Crippen molar-refractivity contribution in [1.29, 1.82) is 0 Å². The molecule has 0 amide bonds. The van der Waals surface area contributed by atoms with Crippen LogP contribution in [0.5, 0.6) is 0 Å². The average Bonchev–Trinajstić information content (AvgIpc) is 2.64. The molecule has 0 atom stereocenters. The molecule has 0 aliphatic carbocycles. The zero-order valence-electron chi connectivity index (χ0n) is 7.55. The number of nitrogens with two attached hydrogens (primary N) is 1. The van der Waals surface area contributed by atoms with E-state index in [2.05, 4.69) is 15.6 Å². The number of hydrogen-bond donors (Lipinski definition) is 3. The van der Waals surface area contributed by atoms with Crippen LogP contribution in [0.1, 0.15) is 0 Å². The molecule has 0 fully saturated rings. The number of aliphatic imine (C=N–C) groups is 1. The van der Waals surface area contributed by atoms with Gasteiger partial charge in [-0.3, -0.25) is 4.99 Å². The quantitative estimate of drug-likeness (QED) is 0.613. The molecule has 0 unspecified atom stereocenters. The van der Waals surface area contributed by atoms with E-state index in [0.717, 1.165) is 24.7 Å². The first kappa shape index (κ1) is 9.15. The minimum absolute atomic E-state index is 0.550. The Hall–Kier alpha value is -1.42. The Kier molecular flexibility index (Phi) is 2.45. The molecule has 0 bridgehead atoms. The van der Waals surface area contributed by atoms with Crippen LogP contribution < -0.4 is 16.4 Å². The first-order valence-electron chi connectivity index (χ1n) is 4.36. The minimum Gasteiger partial charge on any atom is -0.398 e. The van der Waals surface area contributed by atoms with Crippen molar-refractivity contribution in [2.24, 2.45) is 4.99 Å². The molecular weight excluding hydrogens is 200 g/mol. The average molecular weight is 211 g/mol. The Morgan fingerprint density at radius 1 is 1.50 bits per heavy atom. The fraction of sp³-hybridized carbons (Fsp3) is 0.222. The van der Waals surface area contributed by atoms with Crippen LogP contribution in [0.15, 0.2) is 23.2 Å². The van der Waals surface area contributed by atoms with E-state index in [4.69, 9.17) is 17.3 Å². The van der Waals surface area contributed by atoms with Gasteiger partial charge in [-0.05, 0) is 18.2 Å². The third kappa shape index (κ3) is 1.90. The van der Waals surface area contributed by atoms with E-state index < -0.39 is 0 Å². The molecule has 0 saturated heterocycles. The molecule has 5 heteroatoms. The molecule has 1 aromatic rings. The van der Waals surface area contributed by atoms with Crippen LogP contribution in [0.3, 0.4) is 0 Å². The van der Waals surface area contributed by atoms with Crippen molar-refractivity contribution in [3.05, 3.63) is 23.2 Å². The van der Waals surface area contributed by atoms with Crippen LogP contribution in [-0.4, -0.2) is 19.0 Å². The van der Waals surface area contributed by atoms with Gasteiger partial charge in [0.05, 0.1) is 17.3 Å². The number of nitrogens with one attached hydrogen (secondary N) is 2. The number of nitrogen functional groups attached to an aromatic ring is 1. The summed E-state index contributed by atoms with van der Waals surface area (Å²) in [6, 6.07) is 5.41. The summed E-state index contributed by atoms with van der Waals surface area (Å²) in [7, 11) is 0. The van der Waals surface area contributed by atoms with Gasteiger partial charge in [-0.15, -0.1) is 0 Å². The molecule has 0 aromatic heterocycles. The van der Waals surface area contributed by atoms with E-state index >= 15 is 0 Å². The van der Waals surface area contributed by atoms with Crippen molar-refractivity contribution >= 4 is 28.9 Å². The number of hydrogen-bond acceptors (Lipinski definition) is 4. The number of halogens is 1. The summed E-state index contributed by atoms with van der Waals surface area (Å²) in [6.07, 6.45) is 0. The molecule has 1 aliphatic rings. The van der Waals surface area contributed by atoms with Crippen LogP contribution in [0.25, 0.3) is 0 Å². The standard InChI is InChI=1S/C9H11ClN4/c10-7-5-6(1-2-8(7)11)14-9-12-3-4-13-9/h1-2,5H,3-4,11H2,(H2,12,13,14). The van der Waals surface area contributed by atoms with Gasteiger partial charge in [-0.2, -0.15) is 0 Å². The fourth-order valence-corrected chi connectivity index (χ4v) is 1.40. The predicted molar refractivity (Wildman–Crippen MR) is 59.8 cm³/mol.